The zero-order valence-corrected chi connectivity index (χ0v) is 51.2. The van der Waals surface area contributed by atoms with Crippen LogP contribution >= 0.6 is 22.7 Å². The molecule has 4 N–H and O–H groups in total. The summed E-state index contributed by atoms with van der Waals surface area (Å²) in [5.74, 6) is -4.78. The third kappa shape index (κ3) is 13.4. The number of hydrogen-bond donors (Lipinski definition) is 4. The van der Waals surface area contributed by atoms with E-state index in [9.17, 15) is 41.9 Å². The molecule has 4 amide bonds. The van der Waals surface area contributed by atoms with E-state index in [4.69, 9.17) is 29.7 Å². The lowest BCUT2D eigenvalue weighted by Gasteiger charge is -2.38. The summed E-state index contributed by atoms with van der Waals surface area (Å²) < 4.78 is 53.9. The Labute approximate surface area is 528 Å². The van der Waals surface area contributed by atoms with E-state index in [1.165, 1.54) is 68.1 Å². The van der Waals surface area contributed by atoms with Crippen LogP contribution in [0.5, 0.6) is 0 Å². The average Bonchev–Trinajstić information content (AvgIpc) is 1.83. The number of amides is 4. The molecule has 0 bridgehead atoms. The number of carbonyl (C=O) groups excluding carboxylic acids is 4. The Morgan fingerprint density at radius 1 is 0.593 bits per heavy atom. The van der Waals surface area contributed by atoms with Crippen LogP contribution < -0.4 is 20.4 Å². The molecule has 2 aromatic heterocycles. The maximum atomic E-state index is 14.7. The summed E-state index contributed by atoms with van der Waals surface area (Å²) in [5, 5.41) is 29.2. The molecule has 6 aliphatic rings. The van der Waals surface area contributed by atoms with Crippen molar-refractivity contribution < 1.29 is 61.6 Å². The van der Waals surface area contributed by atoms with Crippen LogP contribution in [0.2, 0.25) is 0 Å². The predicted molar refractivity (Wildman–Crippen MR) is 335 cm³/mol. The van der Waals surface area contributed by atoms with Crippen LogP contribution in [0.25, 0.3) is 12.2 Å². The Hall–Kier alpha value is -9.83. The van der Waals surface area contributed by atoms with Crippen molar-refractivity contribution in [3.05, 3.63) is 198 Å². The number of methoxy groups -OCH3 is 2. The largest absolute Gasteiger partial charge is 0.478 e. The minimum Gasteiger partial charge on any atom is -0.478 e. The molecule has 470 valence electrons. The summed E-state index contributed by atoms with van der Waals surface area (Å²) in [6, 6.07) is 19.3. The number of aliphatic carboxylic acids is 2. The van der Waals surface area contributed by atoms with Crippen molar-refractivity contribution in [3.63, 3.8) is 0 Å². The molecule has 0 spiro atoms. The van der Waals surface area contributed by atoms with Crippen molar-refractivity contribution in [2.45, 2.75) is 38.0 Å². The summed E-state index contributed by atoms with van der Waals surface area (Å²) >= 11 is 2.75. The van der Waals surface area contributed by atoms with E-state index in [1.54, 1.807) is 83.0 Å². The first-order valence-corrected chi connectivity index (χ1v) is 30.6. The molecule has 6 aromatic rings. The Bertz CT molecular complexity index is 4010. The molecule has 4 aromatic carbocycles. The Morgan fingerprint density at radius 2 is 1.04 bits per heavy atom. The molecule has 8 heterocycles. The number of benzene rings is 4. The smallest absolute Gasteiger partial charge is 0.338 e. The number of nitrogens with one attached hydrogen (secondary N) is 2. The normalized spacial score (nSPS) is 20.3. The van der Waals surface area contributed by atoms with E-state index in [2.05, 4.69) is 30.4 Å². The number of carbonyl (C=O) groups is 6. The van der Waals surface area contributed by atoms with Crippen LogP contribution in [-0.2, 0) is 28.7 Å². The van der Waals surface area contributed by atoms with Crippen molar-refractivity contribution in [3.8, 4) is 0 Å². The van der Waals surface area contributed by atoms with E-state index in [0.29, 0.717) is 125 Å². The van der Waals surface area contributed by atoms with Crippen LogP contribution in [0.15, 0.2) is 147 Å². The second-order valence-corrected chi connectivity index (χ2v) is 23.7. The van der Waals surface area contributed by atoms with Gasteiger partial charge < -0.3 is 40.1 Å². The molecule has 4 saturated heterocycles. The molecule has 0 radical (unpaired) electrons. The first-order chi connectivity index (χ1) is 43.9. The van der Waals surface area contributed by atoms with Gasteiger partial charge in [-0.25, -0.2) is 51.9 Å². The number of fused-ring (bicyclic) bond motifs is 2. The van der Waals surface area contributed by atoms with E-state index in [0.717, 1.165) is 29.5 Å². The zero-order valence-electron chi connectivity index (χ0n) is 49.6. The summed E-state index contributed by atoms with van der Waals surface area (Å²) in [6.07, 6.45) is 8.41. The minimum atomic E-state index is -1.04. The summed E-state index contributed by atoms with van der Waals surface area (Å²) in [4.78, 5) is 105. The Balaban J connectivity index is 0.000000187. The molecule has 22 nitrogen and oxygen atoms in total. The maximum absolute atomic E-state index is 14.7. The lowest BCUT2D eigenvalue weighted by Crippen LogP contribution is -2.53. The first kappa shape index (κ1) is 62.8. The number of carboxylic acid groups (broad SMARTS) is 2. The highest BCUT2D eigenvalue weighted by Gasteiger charge is 2.45. The monoisotopic (exact) mass is 1280 g/mol. The highest BCUT2D eigenvalue weighted by Crippen LogP contribution is 2.39. The van der Waals surface area contributed by atoms with Gasteiger partial charge in [-0.15, -0.1) is 22.7 Å². The van der Waals surface area contributed by atoms with Gasteiger partial charge >= 0.3 is 35.9 Å². The van der Waals surface area contributed by atoms with E-state index in [1.807, 2.05) is 27.3 Å². The fourth-order valence-corrected chi connectivity index (χ4v) is 13.1. The quantitative estimate of drug-likeness (QED) is 0.0532. The van der Waals surface area contributed by atoms with Crippen molar-refractivity contribution in [2.75, 3.05) is 89.5 Å². The molecular formula is C64H61F3N12O10S2. The number of halogens is 3. The lowest BCUT2D eigenvalue weighted by atomic mass is 9.92. The summed E-state index contributed by atoms with van der Waals surface area (Å²) in [5.41, 5.74) is 5.77. The zero-order chi connectivity index (χ0) is 64.2. The number of rotatable bonds is 16. The number of aliphatic imine (C=N–C) groups is 2. The number of hydrogen-bond acceptors (Lipinski definition) is 18. The van der Waals surface area contributed by atoms with Gasteiger partial charge in [-0.1, -0.05) is 42.5 Å². The highest BCUT2D eigenvalue weighted by atomic mass is 32.1. The molecule has 6 aliphatic heterocycles. The van der Waals surface area contributed by atoms with Gasteiger partial charge in [0.15, 0.2) is 33.3 Å². The van der Waals surface area contributed by atoms with Crippen LogP contribution in [0.3, 0.4) is 0 Å². The van der Waals surface area contributed by atoms with E-state index >= 15 is 0 Å². The minimum absolute atomic E-state index is 0.0407. The average molecular weight is 1280 g/mol. The molecule has 0 aliphatic carbocycles. The maximum Gasteiger partial charge on any atom is 0.338 e. The third-order valence-corrected chi connectivity index (χ3v) is 18.1. The number of esters is 2. The van der Waals surface area contributed by atoms with Gasteiger partial charge in [0.05, 0.1) is 37.4 Å². The summed E-state index contributed by atoms with van der Waals surface area (Å²) in [7, 11) is 2.57. The van der Waals surface area contributed by atoms with Crippen LogP contribution in [0.4, 0.5) is 34.1 Å². The first-order valence-electron chi connectivity index (χ1n) is 28.8. The molecule has 0 saturated carbocycles. The number of urea groups is 2. The standard InChI is InChI=1S/C32H30F2N6O5S.C32H31FN6O5S/c1-18-22(8-9-23(33)27(18)34)28-26(31(43)45-2)24(36-29(37-28)30-35-11-14-46-30)17-38-12-13-39-21(15-38)16-40(32(39)44)20-6-3-19(4-7-20)5-10-25(41)42;1-19-23(4-3-5-24(19)33)28-27(31(42)44-2)25(35-29(36-28)30-34-12-15-45-30)18-37-13-14-38-22(16-37)17-39(32(38)43)21-9-6-20(7-10-21)8-11-26(40)41/h3-11,14,21,28H,12-13,15-17H2,1-2H3,(H,36,37)(H,41,42);3-12,15,22,28H,13-14,16-18H2,1-2H3,(H,35,36)(H,40,41)/b10-5+;11-8+/t21-,28-;22-,28-/m00/s1. The van der Waals surface area contributed by atoms with Crippen molar-refractivity contribution in [2.24, 2.45) is 9.98 Å². The van der Waals surface area contributed by atoms with Gasteiger partial charge in [-0.2, -0.15) is 0 Å². The van der Waals surface area contributed by atoms with Gasteiger partial charge in [-0.05, 0) is 95.8 Å². The van der Waals surface area contributed by atoms with Crippen molar-refractivity contribution >= 4 is 93.8 Å². The van der Waals surface area contributed by atoms with Crippen LogP contribution in [0, 0.1) is 31.3 Å². The van der Waals surface area contributed by atoms with Gasteiger partial charge in [-0.3, -0.25) is 29.6 Å². The number of piperazine rings is 2. The molecule has 4 fully saturated rings. The fraction of sp³-hybridized carbons (Fsp3) is 0.281. The SMILES string of the molecule is COC(=O)C1=C(CN2CCN3C(=O)N(c4ccc(/C=C/C(=O)O)cc4)C[C@@H]3C2)NC(c2nccs2)=N[C@H]1c1ccc(F)c(F)c1C.COC(=O)C1=C(CN2CCN3C(=O)N(c4ccc(/C=C/C(=O)O)cc4)C[C@@H]3C2)NC(c2nccs2)=N[C@H]1c1cccc(F)c1C. The third-order valence-electron chi connectivity index (χ3n) is 16.5. The number of ether oxygens (including phenoxy) is 2. The van der Waals surface area contributed by atoms with E-state index in [-0.39, 0.29) is 47.6 Å². The Morgan fingerprint density at radius 3 is 1.46 bits per heavy atom. The fourth-order valence-electron chi connectivity index (χ4n) is 11.9. The number of thiazole rings is 2. The number of aromatic nitrogens is 2. The van der Waals surface area contributed by atoms with E-state index < -0.39 is 47.6 Å². The van der Waals surface area contributed by atoms with Crippen LogP contribution in [0.1, 0.15) is 55.5 Å². The van der Waals surface area contributed by atoms with Crippen molar-refractivity contribution in [1.82, 2.24) is 40.2 Å². The second kappa shape index (κ2) is 27.1. The molecule has 0 unspecified atom stereocenters. The van der Waals surface area contributed by atoms with Gasteiger partial charge in [0.1, 0.15) is 17.9 Å². The predicted octanol–water partition coefficient (Wildman–Crippen LogP) is 7.81. The number of carboxylic acids is 2. The molecule has 27 heteroatoms. The lowest BCUT2D eigenvalue weighted by molar-refractivity contribution is -0.137. The molecular weight excluding hydrogens is 1220 g/mol. The second-order valence-electron chi connectivity index (χ2n) is 22.0. The number of nitrogens with zero attached hydrogens (tertiary/aromatic N) is 10. The molecule has 4 atom stereocenters. The topological polar surface area (TPSA) is 255 Å². The number of amidine groups is 2. The molecule has 12 rings (SSSR count). The van der Waals surface area contributed by atoms with Gasteiger partial charge in [0.25, 0.3) is 0 Å². The highest BCUT2D eigenvalue weighted by molar-refractivity contribution is 7.12. The Kier molecular flexibility index (Phi) is 18.7. The van der Waals surface area contributed by atoms with Crippen molar-refractivity contribution in [1.29, 1.82) is 0 Å². The van der Waals surface area contributed by atoms with Gasteiger partial charge in [0.2, 0.25) is 0 Å². The van der Waals surface area contributed by atoms with Crippen LogP contribution in [-0.4, -0.2) is 179 Å². The summed E-state index contributed by atoms with van der Waals surface area (Å²) in [6.45, 7) is 7.79. The number of anilines is 2. The van der Waals surface area contributed by atoms with Gasteiger partial charge in [0, 0.05) is 124 Å². The molecule has 91 heavy (non-hydrogen) atoms.